The van der Waals surface area contributed by atoms with E-state index < -0.39 is 11.2 Å². The molecule has 0 spiro atoms. The molecule has 1 N–H and O–H groups in total. The first kappa shape index (κ1) is 15.6. The van der Waals surface area contributed by atoms with Gasteiger partial charge >= 0.3 is 5.69 Å². The minimum absolute atomic E-state index is 0.0388. The molecule has 0 amide bonds. The summed E-state index contributed by atoms with van der Waals surface area (Å²) >= 11 is 1.29. The lowest BCUT2D eigenvalue weighted by Gasteiger charge is -2.06. The van der Waals surface area contributed by atoms with Crippen molar-refractivity contribution in [3.8, 4) is 0 Å². The van der Waals surface area contributed by atoms with E-state index in [-0.39, 0.29) is 5.78 Å². The van der Waals surface area contributed by atoms with E-state index in [4.69, 9.17) is 0 Å². The molecule has 0 unspecified atom stereocenters. The quantitative estimate of drug-likeness (QED) is 0.801. The summed E-state index contributed by atoms with van der Waals surface area (Å²) in [4.78, 5) is 41.6. The Kier molecular flexibility index (Phi) is 4.66. The number of ketones is 1. The first-order valence-corrected chi connectivity index (χ1v) is 7.76. The molecule has 0 aliphatic heterocycles. The number of aryl methyl sites for hydroxylation is 2. The Morgan fingerprint density at radius 1 is 1.38 bits per heavy atom. The van der Waals surface area contributed by atoms with E-state index in [1.807, 2.05) is 0 Å². The molecule has 2 heterocycles. The standard InChI is InChI=1S/C13H18N4O3S/c1-4-5-6-17-9-10(14-13(17)21-7-8(2)18)16(3)12(20)15-11(9)19/h4-7H2,1-3H3,(H,15,19,20). The van der Waals surface area contributed by atoms with Crippen LogP contribution in [0.5, 0.6) is 0 Å². The van der Waals surface area contributed by atoms with E-state index >= 15 is 0 Å². The van der Waals surface area contributed by atoms with Crippen LogP contribution in [0.2, 0.25) is 0 Å². The van der Waals surface area contributed by atoms with Crippen LogP contribution in [0.4, 0.5) is 0 Å². The minimum Gasteiger partial charge on any atom is -0.313 e. The van der Waals surface area contributed by atoms with Gasteiger partial charge in [0.1, 0.15) is 5.78 Å². The van der Waals surface area contributed by atoms with Gasteiger partial charge in [-0.15, -0.1) is 0 Å². The van der Waals surface area contributed by atoms with Crippen molar-refractivity contribution in [2.45, 2.75) is 38.4 Å². The number of nitrogens with zero attached hydrogens (tertiary/aromatic N) is 3. The van der Waals surface area contributed by atoms with Gasteiger partial charge in [-0.2, -0.15) is 0 Å². The summed E-state index contributed by atoms with van der Waals surface area (Å²) in [5.74, 6) is 0.332. The third kappa shape index (κ3) is 3.10. The monoisotopic (exact) mass is 310 g/mol. The second kappa shape index (κ2) is 6.30. The van der Waals surface area contributed by atoms with Crippen LogP contribution >= 0.6 is 11.8 Å². The molecular formula is C13H18N4O3S. The summed E-state index contributed by atoms with van der Waals surface area (Å²) in [6.45, 7) is 4.20. The van der Waals surface area contributed by atoms with Crippen molar-refractivity contribution in [1.82, 2.24) is 19.1 Å². The molecule has 0 aromatic carbocycles. The molecule has 21 heavy (non-hydrogen) atoms. The second-order valence-electron chi connectivity index (χ2n) is 4.88. The van der Waals surface area contributed by atoms with Gasteiger partial charge in [0.25, 0.3) is 5.56 Å². The highest BCUT2D eigenvalue weighted by Crippen LogP contribution is 2.22. The topological polar surface area (TPSA) is 89.8 Å². The number of rotatable bonds is 6. The van der Waals surface area contributed by atoms with Crippen molar-refractivity contribution in [2.24, 2.45) is 7.05 Å². The Morgan fingerprint density at radius 3 is 2.71 bits per heavy atom. The van der Waals surface area contributed by atoms with Crippen LogP contribution in [0, 0.1) is 0 Å². The fourth-order valence-electron chi connectivity index (χ4n) is 2.01. The molecule has 0 saturated heterocycles. The first-order valence-electron chi connectivity index (χ1n) is 6.77. The Labute approximate surface area is 125 Å². The van der Waals surface area contributed by atoms with Gasteiger partial charge in [0.05, 0.1) is 5.75 Å². The number of hydrogen-bond donors (Lipinski definition) is 1. The third-order valence-corrected chi connectivity index (χ3v) is 4.23. The molecule has 0 aliphatic rings. The van der Waals surface area contributed by atoms with E-state index in [1.54, 1.807) is 11.6 Å². The summed E-state index contributed by atoms with van der Waals surface area (Å²) in [7, 11) is 1.57. The van der Waals surface area contributed by atoms with Crippen molar-refractivity contribution >= 4 is 28.7 Å². The van der Waals surface area contributed by atoms with Crippen molar-refractivity contribution in [3.05, 3.63) is 20.8 Å². The number of carbonyl (C=O) groups excluding carboxylic acids is 1. The molecular weight excluding hydrogens is 292 g/mol. The van der Waals surface area contributed by atoms with E-state index in [0.29, 0.717) is 28.6 Å². The largest absolute Gasteiger partial charge is 0.329 e. The van der Waals surface area contributed by atoms with E-state index in [2.05, 4.69) is 16.9 Å². The van der Waals surface area contributed by atoms with Gasteiger partial charge < -0.3 is 4.57 Å². The summed E-state index contributed by atoms with van der Waals surface area (Å²) in [5.41, 5.74) is -0.190. The molecule has 0 bridgehead atoms. The smallest absolute Gasteiger partial charge is 0.313 e. The maximum Gasteiger partial charge on any atom is 0.329 e. The second-order valence-corrected chi connectivity index (χ2v) is 5.82. The summed E-state index contributed by atoms with van der Waals surface area (Å²) in [5, 5.41) is 0.598. The van der Waals surface area contributed by atoms with Gasteiger partial charge in [-0.1, -0.05) is 25.1 Å². The highest BCUT2D eigenvalue weighted by molar-refractivity contribution is 7.99. The average molecular weight is 310 g/mol. The maximum absolute atomic E-state index is 12.1. The maximum atomic E-state index is 12.1. The van der Waals surface area contributed by atoms with Gasteiger partial charge in [0.15, 0.2) is 16.3 Å². The summed E-state index contributed by atoms with van der Waals surface area (Å²) in [6, 6.07) is 0. The van der Waals surface area contributed by atoms with Crippen molar-refractivity contribution < 1.29 is 4.79 Å². The molecule has 0 atom stereocenters. The fourth-order valence-corrected chi connectivity index (χ4v) is 2.84. The van der Waals surface area contributed by atoms with Crippen LogP contribution in [0.25, 0.3) is 11.2 Å². The van der Waals surface area contributed by atoms with Crippen LogP contribution in [-0.4, -0.2) is 30.6 Å². The third-order valence-electron chi connectivity index (χ3n) is 3.11. The van der Waals surface area contributed by atoms with Crippen LogP contribution in [0.1, 0.15) is 26.7 Å². The highest BCUT2D eigenvalue weighted by Gasteiger charge is 2.17. The number of aromatic nitrogens is 4. The number of Topliss-reactive ketones (excluding diaryl/α,β-unsaturated/α-hetero) is 1. The zero-order chi connectivity index (χ0) is 15.6. The molecule has 2 aromatic rings. The lowest BCUT2D eigenvalue weighted by molar-refractivity contribution is -0.114. The van der Waals surface area contributed by atoms with E-state index in [1.165, 1.54) is 23.3 Å². The zero-order valence-corrected chi connectivity index (χ0v) is 13.1. The number of H-pyrrole nitrogens is 1. The van der Waals surface area contributed by atoms with Crippen LogP contribution in [-0.2, 0) is 18.4 Å². The Morgan fingerprint density at radius 2 is 2.10 bits per heavy atom. The van der Waals surface area contributed by atoms with Gasteiger partial charge in [-0.3, -0.25) is 19.1 Å². The van der Waals surface area contributed by atoms with Gasteiger partial charge in [-0.05, 0) is 13.3 Å². The van der Waals surface area contributed by atoms with Crippen LogP contribution in [0.15, 0.2) is 14.7 Å². The minimum atomic E-state index is -0.490. The van der Waals surface area contributed by atoms with Gasteiger partial charge in [0, 0.05) is 13.6 Å². The summed E-state index contributed by atoms with van der Waals surface area (Å²) < 4.78 is 3.11. The van der Waals surface area contributed by atoms with E-state index in [9.17, 15) is 14.4 Å². The number of imidazole rings is 1. The predicted octanol–water partition coefficient (Wildman–Crippen LogP) is 0.904. The van der Waals surface area contributed by atoms with Crippen molar-refractivity contribution in [2.75, 3.05) is 5.75 Å². The van der Waals surface area contributed by atoms with Crippen LogP contribution in [0.3, 0.4) is 0 Å². The molecule has 7 nitrogen and oxygen atoms in total. The molecule has 0 saturated carbocycles. The average Bonchev–Trinajstić information content (AvgIpc) is 2.79. The zero-order valence-electron chi connectivity index (χ0n) is 12.3. The number of hydrogen-bond acceptors (Lipinski definition) is 5. The molecule has 0 fully saturated rings. The number of nitrogens with one attached hydrogen (secondary N) is 1. The number of aromatic amines is 1. The first-order chi connectivity index (χ1) is 9.95. The molecule has 2 aromatic heterocycles. The van der Waals surface area contributed by atoms with Gasteiger partial charge in [-0.25, -0.2) is 9.78 Å². The summed E-state index contributed by atoms with van der Waals surface area (Å²) in [6.07, 6.45) is 1.86. The molecule has 8 heteroatoms. The fraction of sp³-hybridized carbons (Fsp3) is 0.538. The number of thioether (sulfide) groups is 1. The predicted molar refractivity (Wildman–Crippen MR) is 81.9 cm³/mol. The molecule has 0 radical (unpaired) electrons. The number of fused-ring (bicyclic) bond motifs is 1. The van der Waals surface area contributed by atoms with Crippen molar-refractivity contribution in [1.29, 1.82) is 0 Å². The van der Waals surface area contributed by atoms with Gasteiger partial charge in [0.2, 0.25) is 0 Å². The molecule has 114 valence electrons. The van der Waals surface area contributed by atoms with E-state index in [0.717, 1.165) is 12.8 Å². The molecule has 0 aliphatic carbocycles. The number of carbonyl (C=O) groups is 1. The molecule has 2 rings (SSSR count). The SMILES string of the molecule is CCCCn1c(SCC(C)=O)nc2c1c(=O)[nH]c(=O)n2C. The highest BCUT2D eigenvalue weighted by atomic mass is 32.2. The van der Waals surface area contributed by atoms with Crippen molar-refractivity contribution in [3.63, 3.8) is 0 Å². The Hall–Kier alpha value is -1.83. The normalized spacial score (nSPS) is 11.2. The Bertz CT molecular complexity index is 787. The lowest BCUT2D eigenvalue weighted by atomic mass is 10.3. The Balaban J connectivity index is 2.63. The lowest BCUT2D eigenvalue weighted by Crippen LogP contribution is -2.29. The van der Waals surface area contributed by atoms with Crippen LogP contribution < -0.4 is 11.2 Å². The number of unbranched alkanes of at least 4 members (excludes halogenated alkanes) is 1.